The van der Waals surface area contributed by atoms with Crippen LogP contribution in [0.1, 0.15) is 36.6 Å². The number of aromatic amines is 1. The smallest absolute Gasteiger partial charge is 0.274 e. The van der Waals surface area contributed by atoms with Crippen LogP contribution in [0.4, 0.5) is 11.6 Å². The quantitative estimate of drug-likeness (QED) is 0.403. The Hall–Kier alpha value is -3.81. The first-order valence-electron chi connectivity index (χ1n) is 10.2. The molecule has 0 saturated heterocycles. The highest BCUT2D eigenvalue weighted by atomic mass is 16.5. The molecule has 0 saturated carbocycles. The van der Waals surface area contributed by atoms with Gasteiger partial charge < -0.3 is 15.4 Å². The third-order valence-electron chi connectivity index (χ3n) is 5.05. The van der Waals surface area contributed by atoms with Gasteiger partial charge in [-0.05, 0) is 41.3 Å². The van der Waals surface area contributed by atoms with Crippen LogP contribution in [0.5, 0.6) is 5.75 Å². The van der Waals surface area contributed by atoms with Gasteiger partial charge in [-0.1, -0.05) is 38.1 Å². The van der Waals surface area contributed by atoms with Gasteiger partial charge in [0.1, 0.15) is 5.75 Å². The number of H-pyrrole nitrogens is 1. The zero-order valence-electron chi connectivity index (χ0n) is 17.8. The van der Waals surface area contributed by atoms with Gasteiger partial charge in [0, 0.05) is 18.3 Å². The van der Waals surface area contributed by atoms with Gasteiger partial charge in [0.2, 0.25) is 5.95 Å². The van der Waals surface area contributed by atoms with Crippen LogP contribution in [-0.4, -0.2) is 26.7 Å². The second-order valence-electron chi connectivity index (χ2n) is 7.63. The number of benzene rings is 2. The molecule has 160 valence electrons. The first-order valence-corrected chi connectivity index (χ1v) is 10.2. The van der Waals surface area contributed by atoms with Crippen molar-refractivity contribution in [2.24, 2.45) is 0 Å². The Morgan fingerprint density at radius 2 is 1.74 bits per heavy atom. The Labute approximate surface area is 180 Å². The van der Waals surface area contributed by atoms with Crippen LogP contribution >= 0.6 is 0 Å². The summed E-state index contributed by atoms with van der Waals surface area (Å²) < 4.78 is 6.49. The van der Waals surface area contributed by atoms with Crippen molar-refractivity contribution < 1.29 is 4.74 Å². The Kier molecular flexibility index (Phi) is 5.88. The second-order valence-corrected chi connectivity index (χ2v) is 7.63. The highest BCUT2D eigenvalue weighted by Gasteiger charge is 2.08. The van der Waals surface area contributed by atoms with Crippen LogP contribution in [0.2, 0.25) is 0 Å². The van der Waals surface area contributed by atoms with Gasteiger partial charge in [-0.3, -0.25) is 9.89 Å². The molecule has 4 aromatic rings. The summed E-state index contributed by atoms with van der Waals surface area (Å²) >= 11 is 0. The molecule has 8 nitrogen and oxygen atoms in total. The summed E-state index contributed by atoms with van der Waals surface area (Å²) in [5, 5.41) is 9.43. The number of rotatable bonds is 8. The standard InChI is InChI=1S/C23H26N6O2/c1-15(2)17-6-4-16(5-7-17)13-25-22-27-23-26-19(12-21(30)29(23)28-22)14-24-18-8-10-20(31-3)11-9-18/h4-12,15,24H,13-14H2,1-3H3,(H2,25,26,27,28). The van der Waals surface area contributed by atoms with Crippen molar-refractivity contribution in [1.82, 2.24) is 19.6 Å². The van der Waals surface area contributed by atoms with Gasteiger partial charge in [0.15, 0.2) is 0 Å². The fourth-order valence-electron chi connectivity index (χ4n) is 3.20. The molecule has 0 radical (unpaired) electrons. The average Bonchev–Trinajstić information content (AvgIpc) is 3.20. The molecular formula is C23H26N6O2. The van der Waals surface area contributed by atoms with Crippen molar-refractivity contribution in [3.8, 4) is 5.75 Å². The molecule has 8 heteroatoms. The molecule has 0 aliphatic rings. The van der Waals surface area contributed by atoms with Crippen LogP contribution < -0.4 is 20.9 Å². The normalized spacial score (nSPS) is 11.1. The summed E-state index contributed by atoms with van der Waals surface area (Å²) in [5.74, 6) is 2.12. The van der Waals surface area contributed by atoms with Gasteiger partial charge in [0.05, 0.1) is 19.3 Å². The second kappa shape index (κ2) is 8.91. The predicted octanol–water partition coefficient (Wildman–Crippen LogP) is 3.77. The molecule has 2 aromatic carbocycles. The summed E-state index contributed by atoms with van der Waals surface area (Å²) in [7, 11) is 1.63. The molecule has 2 aromatic heterocycles. The van der Waals surface area contributed by atoms with Gasteiger partial charge >= 0.3 is 0 Å². The summed E-state index contributed by atoms with van der Waals surface area (Å²) in [4.78, 5) is 21.4. The number of ether oxygens (including phenoxy) is 1. The lowest BCUT2D eigenvalue weighted by molar-refractivity contribution is 0.415. The minimum absolute atomic E-state index is 0.210. The van der Waals surface area contributed by atoms with E-state index >= 15 is 0 Å². The van der Waals surface area contributed by atoms with Crippen molar-refractivity contribution in [3.05, 3.63) is 81.8 Å². The van der Waals surface area contributed by atoms with E-state index in [-0.39, 0.29) is 5.56 Å². The van der Waals surface area contributed by atoms with Crippen LogP contribution in [0.25, 0.3) is 5.78 Å². The Bertz CT molecular complexity index is 1210. The maximum Gasteiger partial charge on any atom is 0.274 e. The number of hydrogen-bond donors (Lipinski definition) is 3. The molecule has 0 aliphatic heterocycles. The SMILES string of the molecule is COc1ccc(NCc2cc(=O)n3[nH]c(NCc4ccc(C(C)C)cc4)nc3n2)cc1. The van der Waals surface area contributed by atoms with Crippen molar-refractivity contribution >= 4 is 17.4 Å². The van der Waals surface area contributed by atoms with E-state index in [9.17, 15) is 4.79 Å². The molecule has 3 N–H and O–H groups in total. The number of fused-ring (bicyclic) bond motifs is 1. The van der Waals surface area contributed by atoms with Crippen LogP contribution in [0.3, 0.4) is 0 Å². The predicted molar refractivity (Wildman–Crippen MR) is 122 cm³/mol. The minimum Gasteiger partial charge on any atom is -0.497 e. The molecule has 0 unspecified atom stereocenters. The lowest BCUT2D eigenvalue weighted by Crippen LogP contribution is -2.17. The molecule has 0 atom stereocenters. The number of nitrogens with zero attached hydrogens (tertiary/aromatic N) is 3. The molecule has 0 fully saturated rings. The van der Waals surface area contributed by atoms with Crippen LogP contribution in [0, 0.1) is 0 Å². The third kappa shape index (κ3) is 4.85. The molecule has 0 aliphatic carbocycles. The van der Waals surface area contributed by atoms with E-state index < -0.39 is 0 Å². The first kappa shape index (κ1) is 20.5. The zero-order chi connectivity index (χ0) is 21.8. The van der Waals surface area contributed by atoms with Crippen LogP contribution in [0.15, 0.2) is 59.4 Å². The maximum absolute atomic E-state index is 12.5. The third-order valence-corrected chi connectivity index (χ3v) is 5.05. The van der Waals surface area contributed by atoms with Crippen molar-refractivity contribution in [2.75, 3.05) is 17.7 Å². The van der Waals surface area contributed by atoms with E-state index in [0.717, 1.165) is 17.0 Å². The molecule has 0 bridgehead atoms. The van der Waals surface area contributed by atoms with E-state index in [1.54, 1.807) is 7.11 Å². The number of hydrogen-bond acceptors (Lipinski definition) is 6. The molecule has 2 heterocycles. The molecular weight excluding hydrogens is 392 g/mol. The van der Waals surface area contributed by atoms with E-state index in [1.807, 2.05) is 24.3 Å². The maximum atomic E-state index is 12.5. The average molecular weight is 419 g/mol. The van der Waals surface area contributed by atoms with Gasteiger partial charge in [-0.25, -0.2) is 4.98 Å². The number of methoxy groups -OCH3 is 1. The largest absolute Gasteiger partial charge is 0.497 e. The fourth-order valence-corrected chi connectivity index (χ4v) is 3.20. The Morgan fingerprint density at radius 3 is 2.42 bits per heavy atom. The highest BCUT2D eigenvalue weighted by Crippen LogP contribution is 2.16. The zero-order valence-corrected chi connectivity index (χ0v) is 17.8. The monoisotopic (exact) mass is 418 g/mol. The topological polar surface area (TPSA) is 96.3 Å². The summed E-state index contributed by atoms with van der Waals surface area (Å²) in [6.45, 7) is 5.36. The van der Waals surface area contributed by atoms with E-state index in [1.165, 1.54) is 16.1 Å². The van der Waals surface area contributed by atoms with Gasteiger partial charge in [0.25, 0.3) is 11.3 Å². The lowest BCUT2D eigenvalue weighted by atomic mass is 10.0. The lowest BCUT2D eigenvalue weighted by Gasteiger charge is -2.07. The highest BCUT2D eigenvalue weighted by molar-refractivity contribution is 5.47. The van der Waals surface area contributed by atoms with E-state index in [4.69, 9.17) is 4.74 Å². The molecule has 31 heavy (non-hydrogen) atoms. The van der Waals surface area contributed by atoms with E-state index in [0.29, 0.717) is 36.4 Å². The molecule has 0 spiro atoms. The minimum atomic E-state index is -0.210. The summed E-state index contributed by atoms with van der Waals surface area (Å²) in [6.07, 6.45) is 0. The van der Waals surface area contributed by atoms with Crippen molar-refractivity contribution in [1.29, 1.82) is 0 Å². The Morgan fingerprint density at radius 1 is 1.00 bits per heavy atom. The molecule has 0 amide bonds. The number of nitrogens with one attached hydrogen (secondary N) is 3. The Balaban J connectivity index is 1.43. The van der Waals surface area contributed by atoms with Crippen molar-refractivity contribution in [2.45, 2.75) is 32.9 Å². The number of anilines is 2. The molecule has 4 rings (SSSR count). The van der Waals surface area contributed by atoms with Crippen molar-refractivity contribution in [3.63, 3.8) is 0 Å². The summed E-state index contributed by atoms with van der Waals surface area (Å²) in [5.41, 5.74) is 3.76. The fraction of sp³-hybridized carbons (Fsp3) is 0.261. The van der Waals surface area contributed by atoms with Gasteiger partial charge in [-0.15, -0.1) is 0 Å². The first-order chi connectivity index (χ1) is 15.0. The van der Waals surface area contributed by atoms with E-state index in [2.05, 4.69) is 63.8 Å². The van der Waals surface area contributed by atoms with Crippen LogP contribution in [-0.2, 0) is 13.1 Å². The summed E-state index contributed by atoms with van der Waals surface area (Å²) in [6, 6.07) is 17.5. The number of aromatic nitrogens is 4. The van der Waals surface area contributed by atoms with Gasteiger partial charge in [-0.2, -0.15) is 9.50 Å².